The highest BCUT2D eigenvalue weighted by Gasteiger charge is 2.36. The minimum atomic E-state index is -0.515. The van der Waals surface area contributed by atoms with Crippen LogP contribution < -0.4 is 10.2 Å². The highest BCUT2D eigenvalue weighted by atomic mass is 79.9. The lowest BCUT2D eigenvalue weighted by molar-refractivity contribution is -0.122. The molecule has 0 aromatic heterocycles. The van der Waals surface area contributed by atoms with Crippen molar-refractivity contribution in [1.29, 1.82) is 0 Å². The summed E-state index contributed by atoms with van der Waals surface area (Å²) in [5.74, 6) is -1.09. The van der Waals surface area contributed by atoms with Crippen molar-refractivity contribution in [2.45, 2.75) is 26.3 Å². The Morgan fingerprint density at radius 2 is 1.93 bits per heavy atom. The fourth-order valence-corrected chi connectivity index (χ4v) is 3.88. The number of amides is 3. The molecule has 0 saturated carbocycles. The van der Waals surface area contributed by atoms with Gasteiger partial charge in [-0.1, -0.05) is 23.7 Å². The van der Waals surface area contributed by atoms with E-state index in [-0.39, 0.29) is 36.7 Å². The molecule has 0 radical (unpaired) electrons. The third kappa shape index (κ3) is 4.68. The molecule has 8 heteroatoms. The van der Waals surface area contributed by atoms with Crippen LogP contribution in [0.25, 0.3) is 0 Å². The van der Waals surface area contributed by atoms with Gasteiger partial charge in [0.1, 0.15) is 0 Å². The maximum Gasteiger partial charge on any atom is 0.253 e. The van der Waals surface area contributed by atoms with Gasteiger partial charge in [-0.25, -0.2) is 0 Å². The van der Waals surface area contributed by atoms with Crippen molar-refractivity contribution < 1.29 is 14.4 Å². The monoisotopic (exact) mass is 491 g/mol. The molecule has 158 valence electrons. The van der Waals surface area contributed by atoms with Gasteiger partial charge in [-0.05, 0) is 60.1 Å². The molecular formula is C22H23BrClN3O3. The van der Waals surface area contributed by atoms with E-state index in [9.17, 15) is 14.4 Å². The van der Waals surface area contributed by atoms with Crippen LogP contribution in [0.1, 0.15) is 30.6 Å². The summed E-state index contributed by atoms with van der Waals surface area (Å²) < 4.78 is 0.794. The zero-order chi connectivity index (χ0) is 22.0. The summed E-state index contributed by atoms with van der Waals surface area (Å²) in [5.41, 5.74) is 1.53. The maximum atomic E-state index is 12.8. The molecule has 1 heterocycles. The van der Waals surface area contributed by atoms with Crippen molar-refractivity contribution in [3.63, 3.8) is 0 Å². The van der Waals surface area contributed by atoms with E-state index in [4.69, 9.17) is 11.6 Å². The fourth-order valence-electron chi connectivity index (χ4n) is 3.21. The number of halogens is 2. The first-order chi connectivity index (χ1) is 14.2. The average molecular weight is 493 g/mol. The number of hydrogen-bond acceptors (Lipinski definition) is 3. The molecule has 1 saturated heterocycles. The molecule has 2 aromatic rings. The second kappa shape index (κ2) is 9.18. The van der Waals surface area contributed by atoms with Gasteiger partial charge in [0.2, 0.25) is 11.8 Å². The Kier molecular flexibility index (Phi) is 6.83. The molecule has 3 amide bonds. The molecule has 1 aliphatic heterocycles. The molecule has 1 unspecified atom stereocenters. The Balaban J connectivity index is 1.75. The largest absolute Gasteiger partial charge is 0.339 e. The van der Waals surface area contributed by atoms with Crippen LogP contribution in [0.5, 0.6) is 0 Å². The minimum Gasteiger partial charge on any atom is -0.339 e. The van der Waals surface area contributed by atoms with Crippen LogP contribution in [-0.2, 0) is 9.59 Å². The van der Waals surface area contributed by atoms with Crippen molar-refractivity contribution in [1.82, 2.24) is 4.90 Å². The van der Waals surface area contributed by atoms with Gasteiger partial charge in [-0.15, -0.1) is 0 Å². The average Bonchev–Trinajstić information content (AvgIpc) is 3.10. The molecule has 1 atom stereocenters. The van der Waals surface area contributed by atoms with Gasteiger partial charge in [-0.3, -0.25) is 14.4 Å². The zero-order valence-electron chi connectivity index (χ0n) is 17.0. The lowest BCUT2D eigenvalue weighted by Gasteiger charge is -2.22. The molecule has 1 fully saturated rings. The van der Waals surface area contributed by atoms with Crippen molar-refractivity contribution in [3.05, 3.63) is 57.5 Å². The molecule has 0 spiro atoms. The lowest BCUT2D eigenvalue weighted by Crippen LogP contribution is -2.33. The summed E-state index contributed by atoms with van der Waals surface area (Å²) in [4.78, 5) is 41.1. The molecule has 3 rings (SSSR count). The van der Waals surface area contributed by atoms with Crippen molar-refractivity contribution in [2.75, 3.05) is 23.8 Å². The van der Waals surface area contributed by atoms with Crippen LogP contribution in [0.2, 0.25) is 5.02 Å². The number of para-hydroxylation sites is 1. The molecule has 0 aliphatic carbocycles. The first kappa shape index (κ1) is 22.3. The van der Waals surface area contributed by atoms with Crippen LogP contribution in [-0.4, -0.2) is 42.3 Å². The predicted octanol–water partition coefficient (Wildman–Crippen LogP) is 4.57. The van der Waals surface area contributed by atoms with Crippen molar-refractivity contribution in [2.24, 2.45) is 5.92 Å². The Labute approximate surface area is 189 Å². The smallest absolute Gasteiger partial charge is 0.253 e. The topological polar surface area (TPSA) is 69.7 Å². The van der Waals surface area contributed by atoms with Gasteiger partial charge >= 0.3 is 0 Å². The van der Waals surface area contributed by atoms with Gasteiger partial charge in [0.05, 0.1) is 22.3 Å². The molecule has 1 N–H and O–H groups in total. The van der Waals surface area contributed by atoms with Crippen LogP contribution in [0.4, 0.5) is 11.4 Å². The predicted molar refractivity (Wildman–Crippen MR) is 122 cm³/mol. The van der Waals surface area contributed by atoms with Crippen molar-refractivity contribution in [3.8, 4) is 0 Å². The Bertz CT molecular complexity index is 995. The van der Waals surface area contributed by atoms with Gasteiger partial charge < -0.3 is 15.1 Å². The number of benzene rings is 2. The molecule has 2 aromatic carbocycles. The molecule has 1 aliphatic rings. The molecule has 30 heavy (non-hydrogen) atoms. The van der Waals surface area contributed by atoms with E-state index in [1.54, 1.807) is 35.0 Å². The summed E-state index contributed by atoms with van der Waals surface area (Å²) in [5, 5.41) is 3.12. The minimum absolute atomic E-state index is 0.0408. The molecular weight excluding hydrogens is 470 g/mol. The third-order valence-corrected chi connectivity index (χ3v) is 6.21. The Hall–Kier alpha value is -2.38. The Morgan fingerprint density at radius 1 is 1.23 bits per heavy atom. The maximum absolute atomic E-state index is 12.8. The van der Waals surface area contributed by atoms with Gasteiger partial charge in [0.15, 0.2) is 0 Å². The van der Waals surface area contributed by atoms with E-state index in [0.717, 1.165) is 10.2 Å². The normalized spacial score (nSPS) is 16.1. The van der Waals surface area contributed by atoms with E-state index < -0.39 is 5.92 Å². The van der Waals surface area contributed by atoms with E-state index in [2.05, 4.69) is 21.2 Å². The number of nitrogens with one attached hydrogen (secondary N) is 1. The highest BCUT2D eigenvalue weighted by molar-refractivity contribution is 9.10. The number of hydrogen-bond donors (Lipinski definition) is 1. The lowest BCUT2D eigenvalue weighted by atomic mass is 10.1. The summed E-state index contributed by atoms with van der Waals surface area (Å²) in [6, 6.07) is 12.2. The van der Waals surface area contributed by atoms with E-state index >= 15 is 0 Å². The first-order valence-corrected chi connectivity index (χ1v) is 10.8. The van der Waals surface area contributed by atoms with Crippen molar-refractivity contribution >= 4 is 56.6 Å². The van der Waals surface area contributed by atoms with E-state index in [1.807, 2.05) is 38.1 Å². The quantitative estimate of drug-likeness (QED) is 0.664. The van der Waals surface area contributed by atoms with Gasteiger partial charge in [-0.2, -0.15) is 0 Å². The summed E-state index contributed by atoms with van der Waals surface area (Å²) in [6.07, 6.45) is 0.111. The molecule has 6 nitrogen and oxygen atoms in total. The molecule has 0 bridgehead atoms. The number of rotatable bonds is 5. The fraction of sp³-hybridized carbons (Fsp3) is 0.318. The standard InChI is InChI=1S/C22H23BrClN3O3/c1-13(2)26(3)22(30)14-8-9-17(24)18(10-14)25-21(29)15-11-20(28)27(12-15)19-7-5-4-6-16(19)23/h4-10,13,15H,11-12H2,1-3H3,(H,25,29). The third-order valence-electron chi connectivity index (χ3n) is 5.21. The second-order valence-corrected chi connectivity index (χ2v) is 8.81. The van der Waals surface area contributed by atoms with Crippen LogP contribution in [0.15, 0.2) is 46.9 Å². The number of carbonyl (C=O) groups excluding carboxylic acids is 3. The van der Waals surface area contributed by atoms with Crippen LogP contribution >= 0.6 is 27.5 Å². The van der Waals surface area contributed by atoms with Crippen LogP contribution in [0.3, 0.4) is 0 Å². The number of nitrogens with zero attached hydrogens (tertiary/aromatic N) is 2. The van der Waals surface area contributed by atoms with Gasteiger partial charge in [0.25, 0.3) is 5.91 Å². The SMILES string of the molecule is CC(C)N(C)C(=O)c1ccc(Cl)c(NC(=O)C2CC(=O)N(c3ccccc3Br)C2)c1. The van der Waals surface area contributed by atoms with E-state index in [1.165, 1.54) is 0 Å². The summed E-state index contributed by atoms with van der Waals surface area (Å²) in [7, 11) is 1.72. The second-order valence-electron chi connectivity index (χ2n) is 7.55. The van der Waals surface area contributed by atoms with Gasteiger partial charge in [0, 0.05) is 36.1 Å². The number of anilines is 2. The van der Waals surface area contributed by atoms with E-state index in [0.29, 0.717) is 16.3 Å². The summed E-state index contributed by atoms with van der Waals surface area (Å²) >= 11 is 9.69. The van der Waals surface area contributed by atoms with Crippen LogP contribution in [0, 0.1) is 5.92 Å². The number of carbonyl (C=O) groups is 3. The Morgan fingerprint density at radius 3 is 2.60 bits per heavy atom. The highest BCUT2D eigenvalue weighted by Crippen LogP contribution is 2.32. The summed E-state index contributed by atoms with van der Waals surface area (Å²) in [6.45, 7) is 4.12. The first-order valence-electron chi connectivity index (χ1n) is 9.61. The zero-order valence-corrected chi connectivity index (χ0v) is 19.3.